The highest BCUT2D eigenvalue weighted by Gasteiger charge is 2.30. The SMILES string of the molecule is [2H]C([2H])([2H])NC(=O)c1nnc(NC(=O)C2CC2)cc1Nc1cccc(-c2ncc(N)s2)c1OC. The predicted octanol–water partition coefficient (Wildman–Crippen LogP) is 2.64. The third-order valence-corrected chi connectivity index (χ3v) is 5.42. The molecule has 1 aliphatic rings. The fourth-order valence-electron chi connectivity index (χ4n) is 2.93. The second kappa shape index (κ2) is 8.56. The Morgan fingerprint density at radius 2 is 2.13 bits per heavy atom. The summed E-state index contributed by atoms with van der Waals surface area (Å²) in [6, 6.07) is 6.67. The molecule has 2 heterocycles. The molecule has 10 nitrogen and oxygen atoms in total. The summed E-state index contributed by atoms with van der Waals surface area (Å²) < 4.78 is 27.6. The maximum atomic E-state index is 12.6. The predicted molar refractivity (Wildman–Crippen MR) is 119 cm³/mol. The molecule has 0 unspecified atom stereocenters. The molecule has 0 atom stereocenters. The first-order valence-electron chi connectivity index (χ1n) is 10.8. The number of amides is 2. The summed E-state index contributed by atoms with van der Waals surface area (Å²) in [5, 5.41) is 16.5. The van der Waals surface area contributed by atoms with Crippen LogP contribution in [0.5, 0.6) is 5.75 Å². The number of nitrogen functional groups attached to an aromatic ring is 1. The number of nitrogens with two attached hydrogens (primary N) is 1. The van der Waals surface area contributed by atoms with E-state index in [1.807, 2.05) is 5.32 Å². The molecule has 2 amide bonds. The van der Waals surface area contributed by atoms with Gasteiger partial charge in [-0.05, 0) is 25.0 Å². The smallest absolute Gasteiger partial charge is 0.273 e. The largest absolute Gasteiger partial charge is 0.494 e. The summed E-state index contributed by atoms with van der Waals surface area (Å²) in [6.45, 7) is -2.72. The van der Waals surface area contributed by atoms with Crippen molar-refractivity contribution < 1.29 is 18.4 Å². The van der Waals surface area contributed by atoms with Crippen molar-refractivity contribution in [1.82, 2.24) is 20.5 Å². The van der Waals surface area contributed by atoms with Gasteiger partial charge in [-0.3, -0.25) is 9.59 Å². The molecule has 31 heavy (non-hydrogen) atoms. The zero-order valence-corrected chi connectivity index (χ0v) is 17.2. The monoisotopic (exact) mass is 442 g/mol. The van der Waals surface area contributed by atoms with Crippen LogP contribution < -0.4 is 26.4 Å². The lowest BCUT2D eigenvalue weighted by atomic mass is 10.1. The third-order valence-electron chi connectivity index (χ3n) is 4.56. The Hall–Kier alpha value is -3.73. The van der Waals surface area contributed by atoms with Crippen LogP contribution in [0.25, 0.3) is 10.6 Å². The van der Waals surface area contributed by atoms with Crippen LogP contribution in [0.1, 0.15) is 27.4 Å². The molecule has 3 aromatic rings. The first kappa shape index (κ1) is 17.0. The Balaban J connectivity index is 1.72. The van der Waals surface area contributed by atoms with E-state index in [0.29, 0.717) is 27.0 Å². The molecule has 0 aliphatic heterocycles. The van der Waals surface area contributed by atoms with E-state index in [-0.39, 0.29) is 29.0 Å². The molecule has 0 bridgehead atoms. The summed E-state index contributed by atoms with van der Waals surface area (Å²) in [5.41, 5.74) is 6.77. The Labute approximate surface area is 186 Å². The normalized spacial score (nSPS) is 14.7. The molecule has 2 aromatic heterocycles. The zero-order chi connectivity index (χ0) is 24.5. The zero-order valence-electron chi connectivity index (χ0n) is 19.4. The van der Waals surface area contributed by atoms with Crippen LogP contribution in [0.4, 0.5) is 22.2 Å². The van der Waals surface area contributed by atoms with Crippen LogP contribution >= 0.6 is 11.3 Å². The minimum Gasteiger partial charge on any atom is -0.494 e. The topological polar surface area (TPSA) is 144 Å². The summed E-state index contributed by atoms with van der Waals surface area (Å²) in [4.78, 5) is 29.1. The second-order valence-corrected chi connectivity index (χ2v) is 7.85. The Morgan fingerprint density at radius 1 is 1.29 bits per heavy atom. The van der Waals surface area contributed by atoms with Gasteiger partial charge in [0.15, 0.2) is 17.3 Å². The van der Waals surface area contributed by atoms with E-state index >= 15 is 0 Å². The van der Waals surface area contributed by atoms with Crippen molar-refractivity contribution in [2.75, 3.05) is 30.5 Å². The van der Waals surface area contributed by atoms with Gasteiger partial charge >= 0.3 is 0 Å². The van der Waals surface area contributed by atoms with E-state index in [1.165, 1.54) is 24.5 Å². The summed E-state index contributed by atoms with van der Waals surface area (Å²) in [7, 11) is 1.48. The van der Waals surface area contributed by atoms with Gasteiger partial charge < -0.3 is 26.4 Å². The van der Waals surface area contributed by atoms with Gasteiger partial charge in [-0.25, -0.2) is 4.98 Å². The first-order valence-corrected chi connectivity index (χ1v) is 10.1. The number of hydrogen-bond donors (Lipinski definition) is 4. The second-order valence-electron chi connectivity index (χ2n) is 6.79. The first-order chi connectivity index (χ1) is 16.1. The molecular weight excluding hydrogens is 418 g/mol. The van der Waals surface area contributed by atoms with Crippen LogP contribution in [0, 0.1) is 5.92 Å². The average molecular weight is 443 g/mol. The van der Waals surface area contributed by atoms with E-state index in [0.717, 1.165) is 12.8 Å². The average Bonchev–Trinajstić information content (AvgIpc) is 3.53. The lowest BCUT2D eigenvalue weighted by molar-refractivity contribution is -0.117. The number of ether oxygens (including phenoxy) is 1. The number of methoxy groups -OCH3 is 1. The number of benzene rings is 1. The molecule has 0 spiro atoms. The maximum absolute atomic E-state index is 12.6. The van der Waals surface area contributed by atoms with Crippen LogP contribution in [0.2, 0.25) is 0 Å². The molecule has 160 valence electrons. The molecule has 1 fully saturated rings. The number of carbonyl (C=O) groups excluding carboxylic acids is 2. The van der Waals surface area contributed by atoms with Crippen molar-refractivity contribution in [3.8, 4) is 16.3 Å². The van der Waals surface area contributed by atoms with Gasteiger partial charge in [0.05, 0.1) is 30.2 Å². The summed E-state index contributed by atoms with van der Waals surface area (Å²) in [6.07, 6.45) is 3.14. The minimum absolute atomic E-state index is 0.0701. The number of nitrogens with one attached hydrogen (secondary N) is 3. The summed E-state index contributed by atoms with van der Waals surface area (Å²) >= 11 is 1.28. The molecule has 4 rings (SSSR count). The highest BCUT2D eigenvalue weighted by Crippen LogP contribution is 2.40. The van der Waals surface area contributed by atoms with Crippen molar-refractivity contribution in [3.63, 3.8) is 0 Å². The number of carbonyl (C=O) groups is 2. The van der Waals surface area contributed by atoms with Gasteiger partial charge in [-0.1, -0.05) is 17.4 Å². The van der Waals surface area contributed by atoms with Gasteiger partial charge in [0.1, 0.15) is 10.0 Å². The lowest BCUT2D eigenvalue weighted by Crippen LogP contribution is -2.22. The van der Waals surface area contributed by atoms with Crippen molar-refractivity contribution in [2.45, 2.75) is 12.8 Å². The van der Waals surface area contributed by atoms with Crippen molar-refractivity contribution in [1.29, 1.82) is 0 Å². The number of rotatable bonds is 7. The van der Waals surface area contributed by atoms with Crippen LogP contribution in [-0.2, 0) is 4.79 Å². The lowest BCUT2D eigenvalue weighted by Gasteiger charge is -2.16. The maximum Gasteiger partial charge on any atom is 0.273 e. The van der Waals surface area contributed by atoms with E-state index in [4.69, 9.17) is 14.6 Å². The Kier molecular flexibility index (Phi) is 4.69. The van der Waals surface area contributed by atoms with E-state index in [2.05, 4.69) is 25.8 Å². The van der Waals surface area contributed by atoms with Gasteiger partial charge in [0, 0.05) is 23.1 Å². The van der Waals surface area contributed by atoms with Crippen molar-refractivity contribution in [3.05, 3.63) is 36.2 Å². The highest BCUT2D eigenvalue weighted by atomic mass is 32.1. The number of hydrogen-bond acceptors (Lipinski definition) is 9. The molecule has 0 radical (unpaired) electrons. The number of thiazole rings is 1. The van der Waals surface area contributed by atoms with Gasteiger partial charge in [0.25, 0.3) is 5.91 Å². The number of aromatic nitrogens is 3. The van der Waals surface area contributed by atoms with Gasteiger partial charge in [-0.15, -0.1) is 10.2 Å². The van der Waals surface area contributed by atoms with E-state index < -0.39 is 12.9 Å². The molecular formula is C20H21N7O3S. The minimum atomic E-state index is -2.72. The molecule has 1 saturated carbocycles. The molecule has 1 aromatic carbocycles. The Bertz CT molecular complexity index is 1240. The number of nitrogens with zero attached hydrogens (tertiary/aromatic N) is 3. The van der Waals surface area contributed by atoms with Crippen molar-refractivity contribution in [2.24, 2.45) is 5.92 Å². The highest BCUT2D eigenvalue weighted by molar-refractivity contribution is 7.18. The van der Waals surface area contributed by atoms with Crippen molar-refractivity contribution >= 4 is 45.3 Å². The summed E-state index contributed by atoms with van der Waals surface area (Å²) in [5.74, 6) is -0.690. The van der Waals surface area contributed by atoms with Gasteiger partial charge in [0.2, 0.25) is 5.91 Å². The fourth-order valence-corrected chi connectivity index (χ4v) is 3.63. The molecule has 11 heteroatoms. The standard InChI is InChI=1S/C20H21N7O3S/c1-22-19(29)16-13(8-15(26-27-16)25-18(28)10-6-7-10)24-12-5-3-4-11(17(12)30-2)20-23-9-14(21)31-20/h3-5,8-10H,6-7,21H2,1-2H3,(H,22,29)(H2,24,25,26,28)/i1D3. The number of para-hydroxylation sites is 1. The van der Waals surface area contributed by atoms with Crippen LogP contribution in [0.15, 0.2) is 30.5 Å². The molecule has 1 aliphatic carbocycles. The fraction of sp³-hybridized carbons (Fsp3) is 0.250. The third kappa shape index (κ3) is 4.40. The van der Waals surface area contributed by atoms with Crippen LogP contribution in [-0.4, -0.2) is 41.1 Å². The quantitative estimate of drug-likeness (QED) is 0.437. The van der Waals surface area contributed by atoms with Crippen LogP contribution in [0.3, 0.4) is 0 Å². The molecule has 5 N–H and O–H groups in total. The molecule has 0 saturated heterocycles. The number of anilines is 4. The van der Waals surface area contributed by atoms with E-state index in [1.54, 1.807) is 24.4 Å². The van der Waals surface area contributed by atoms with E-state index in [9.17, 15) is 9.59 Å². The Morgan fingerprint density at radius 3 is 2.81 bits per heavy atom. The van der Waals surface area contributed by atoms with Gasteiger partial charge in [-0.2, -0.15) is 0 Å².